The number of aliphatic carboxylic acids is 1. The molecule has 0 amide bonds. The summed E-state index contributed by atoms with van der Waals surface area (Å²) in [5, 5.41) is 13.6. The van der Waals surface area contributed by atoms with Gasteiger partial charge >= 0.3 is 5.97 Å². The lowest BCUT2D eigenvalue weighted by Crippen LogP contribution is -2.52. The van der Waals surface area contributed by atoms with Crippen molar-refractivity contribution in [3.8, 4) is 0 Å². The van der Waals surface area contributed by atoms with Gasteiger partial charge < -0.3 is 5.11 Å². The summed E-state index contributed by atoms with van der Waals surface area (Å²) < 4.78 is 0. The van der Waals surface area contributed by atoms with E-state index in [2.05, 4.69) is 19.2 Å². The van der Waals surface area contributed by atoms with Gasteiger partial charge in [-0.1, -0.05) is 44.2 Å². The fraction of sp³-hybridized carbons (Fsp3) is 0.533. The molecule has 2 rings (SSSR count). The molecule has 4 heteroatoms. The monoisotopic (exact) mass is 279 g/mol. The summed E-state index contributed by atoms with van der Waals surface area (Å²) in [7, 11) is 0. The van der Waals surface area contributed by atoms with Crippen molar-refractivity contribution < 1.29 is 9.90 Å². The summed E-state index contributed by atoms with van der Waals surface area (Å²) in [6.07, 6.45) is 2.16. The number of rotatable bonds is 7. The Morgan fingerprint density at radius 3 is 2.53 bits per heavy atom. The van der Waals surface area contributed by atoms with Crippen LogP contribution in [0.5, 0.6) is 0 Å². The van der Waals surface area contributed by atoms with E-state index in [1.54, 1.807) is 11.8 Å². The Bertz CT molecular complexity index is 431. The Morgan fingerprint density at radius 1 is 1.42 bits per heavy atom. The number of carboxylic acid groups (broad SMARTS) is 1. The molecule has 2 N–H and O–H groups in total. The van der Waals surface area contributed by atoms with E-state index >= 15 is 0 Å². The van der Waals surface area contributed by atoms with Gasteiger partial charge in [0.25, 0.3) is 0 Å². The van der Waals surface area contributed by atoms with E-state index in [0.717, 1.165) is 18.4 Å². The van der Waals surface area contributed by atoms with E-state index in [9.17, 15) is 9.90 Å². The molecule has 0 bridgehead atoms. The molecule has 1 saturated carbocycles. The maximum absolute atomic E-state index is 11.9. The molecule has 1 atom stereocenters. The first kappa shape index (κ1) is 14.4. The number of hydrogen-bond acceptors (Lipinski definition) is 3. The van der Waals surface area contributed by atoms with Gasteiger partial charge in [-0.25, -0.2) is 4.79 Å². The number of carboxylic acids is 1. The van der Waals surface area contributed by atoms with E-state index in [0.29, 0.717) is 17.0 Å². The molecule has 19 heavy (non-hydrogen) atoms. The number of benzene rings is 1. The van der Waals surface area contributed by atoms with Gasteiger partial charge in [-0.3, -0.25) is 5.32 Å². The van der Waals surface area contributed by atoms with Crippen molar-refractivity contribution in [1.29, 1.82) is 0 Å². The van der Waals surface area contributed by atoms with Crippen LogP contribution in [0.15, 0.2) is 30.3 Å². The second kappa shape index (κ2) is 5.97. The summed E-state index contributed by atoms with van der Waals surface area (Å²) in [4.78, 5) is 11.9. The zero-order valence-corrected chi connectivity index (χ0v) is 12.2. The second-order valence-corrected chi connectivity index (χ2v) is 6.92. The van der Waals surface area contributed by atoms with Crippen LogP contribution in [0.2, 0.25) is 0 Å². The molecule has 104 valence electrons. The van der Waals surface area contributed by atoms with Crippen molar-refractivity contribution in [3.63, 3.8) is 0 Å². The Kier molecular flexibility index (Phi) is 4.53. The molecule has 0 spiro atoms. The Balaban J connectivity index is 2.30. The minimum absolute atomic E-state index is 0.351. The Hall–Kier alpha value is -1.00. The molecule has 0 aliphatic heterocycles. The average Bonchev–Trinajstić information content (AvgIpc) is 3.19. The van der Waals surface area contributed by atoms with Gasteiger partial charge in [0.15, 0.2) is 5.54 Å². The summed E-state index contributed by atoms with van der Waals surface area (Å²) in [5.41, 5.74) is -0.111. The highest BCUT2D eigenvalue weighted by atomic mass is 32.2. The van der Waals surface area contributed by atoms with Gasteiger partial charge in [0.2, 0.25) is 0 Å². The number of hydrogen-bond donors (Lipinski definition) is 2. The normalized spacial score (nSPS) is 18.3. The molecule has 1 aromatic carbocycles. The molecule has 0 radical (unpaired) electrons. The first-order chi connectivity index (χ1) is 9.04. The SMILES string of the molecule is CC(C)SCC(NC1CC1)(C(=O)O)c1ccccc1. The number of thioether (sulfide) groups is 1. The zero-order valence-electron chi connectivity index (χ0n) is 11.4. The molecule has 1 aliphatic carbocycles. The van der Waals surface area contributed by atoms with Crippen molar-refractivity contribution in [1.82, 2.24) is 5.32 Å². The third-order valence-electron chi connectivity index (χ3n) is 3.29. The molecule has 1 fully saturated rings. The maximum Gasteiger partial charge on any atom is 0.329 e. The van der Waals surface area contributed by atoms with Crippen molar-refractivity contribution >= 4 is 17.7 Å². The van der Waals surface area contributed by atoms with Gasteiger partial charge in [-0.2, -0.15) is 11.8 Å². The van der Waals surface area contributed by atoms with Gasteiger partial charge in [-0.05, 0) is 23.7 Å². The van der Waals surface area contributed by atoms with Crippen molar-refractivity contribution in [3.05, 3.63) is 35.9 Å². The van der Waals surface area contributed by atoms with E-state index in [1.807, 2.05) is 30.3 Å². The van der Waals surface area contributed by atoms with Crippen LogP contribution >= 0.6 is 11.8 Å². The minimum Gasteiger partial charge on any atom is -0.480 e. The van der Waals surface area contributed by atoms with Crippen molar-refractivity contribution in [2.45, 2.75) is 43.5 Å². The molecule has 0 saturated heterocycles. The molecular weight excluding hydrogens is 258 g/mol. The Labute approximate surface area is 118 Å². The van der Waals surface area contributed by atoms with Gasteiger partial charge in [0.05, 0.1) is 0 Å². The lowest BCUT2D eigenvalue weighted by molar-refractivity contribution is -0.144. The van der Waals surface area contributed by atoms with Crippen LogP contribution in [0.3, 0.4) is 0 Å². The molecule has 3 nitrogen and oxygen atoms in total. The molecule has 1 aromatic rings. The van der Waals surface area contributed by atoms with Crippen LogP contribution in [0.4, 0.5) is 0 Å². The summed E-state index contributed by atoms with van der Waals surface area (Å²) in [6.45, 7) is 4.19. The highest BCUT2D eigenvalue weighted by Crippen LogP contribution is 2.33. The highest BCUT2D eigenvalue weighted by Gasteiger charge is 2.44. The quantitative estimate of drug-likeness (QED) is 0.806. The molecule has 0 heterocycles. The van der Waals surface area contributed by atoms with E-state index in [-0.39, 0.29) is 0 Å². The fourth-order valence-electron chi connectivity index (χ4n) is 2.05. The largest absolute Gasteiger partial charge is 0.480 e. The van der Waals surface area contributed by atoms with Crippen LogP contribution in [0.1, 0.15) is 32.3 Å². The molecular formula is C15H21NO2S. The predicted molar refractivity (Wildman–Crippen MR) is 79.5 cm³/mol. The third-order valence-corrected chi connectivity index (χ3v) is 4.56. The summed E-state index contributed by atoms with van der Waals surface area (Å²) in [6, 6.07) is 9.89. The van der Waals surface area contributed by atoms with Gasteiger partial charge in [-0.15, -0.1) is 0 Å². The van der Waals surface area contributed by atoms with Crippen LogP contribution in [-0.4, -0.2) is 28.1 Å². The molecule has 0 aromatic heterocycles. The lowest BCUT2D eigenvalue weighted by Gasteiger charge is -2.31. The van der Waals surface area contributed by atoms with Crippen molar-refractivity contribution in [2.24, 2.45) is 0 Å². The third kappa shape index (κ3) is 3.51. The second-order valence-electron chi connectivity index (χ2n) is 5.35. The summed E-state index contributed by atoms with van der Waals surface area (Å²) >= 11 is 1.69. The van der Waals surface area contributed by atoms with Crippen molar-refractivity contribution in [2.75, 3.05) is 5.75 Å². The van der Waals surface area contributed by atoms with E-state index in [1.165, 1.54) is 0 Å². The van der Waals surface area contributed by atoms with E-state index < -0.39 is 11.5 Å². The lowest BCUT2D eigenvalue weighted by atomic mass is 9.91. The number of carbonyl (C=O) groups is 1. The van der Waals surface area contributed by atoms with Crippen LogP contribution in [-0.2, 0) is 10.3 Å². The van der Waals surface area contributed by atoms with Crippen LogP contribution in [0, 0.1) is 0 Å². The van der Waals surface area contributed by atoms with E-state index in [4.69, 9.17) is 0 Å². The standard InChI is InChI=1S/C15H21NO2S/c1-11(2)19-10-15(14(17)18,16-13-8-9-13)12-6-4-3-5-7-12/h3-7,11,13,16H,8-10H2,1-2H3,(H,17,18). The zero-order chi connectivity index (χ0) is 13.9. The molecule has 1 unspecified atom stereocenters. The smallest absolute Gasteiger partial charge is 0.329 e. The van der Waals surface area contributed by atoms with Crippen LogP contribution < -0.4 is 5.32 Å². The first-order valence-corrected chi connectivity index (χ1v) is 7.77. The fourth-order valence-corrected chi connectivity index (χ4v) is 3.00. The topological polar surface area (TPSA) is 49.3 Å². The first-order valence-electron chi connectivity index (χ1n) is 6.73. The van der Waals surface area contributed by atoms with Gasteiger partial charge in [0, 0.05) is 11.8 Å². The highest BCUT2D eigenvalue weighted by molar-refractivity contribution is 7.99. The number of nitrogens with one attached hydrogen (secondary N) is 1. The van der Waals surface area contributed by atoms with Crippen LogP contribution in [0.25, 0.3) is 0 Å². The minimum atomic E-state index is -0.961. The Morgan fingerprint density at radius 2 is 2.05 bits per heavy atom. The maximum atomic E-state index is 11.9. The molecule has 1 aliphatic rings. The van der Waals surface area contributed by atoms with Gasteiger partial charge in [0.1, 0.15) is 0 Å². The predicted octanol–water partition coefficient (Wildman–Crippen LogP) is 2.86. The summed E-state index contributed by atoms with van der Waals surface area (Å²) in [5.74, 6) is -0.223. The average molecular weight is 279 g/mol.